The third kappa shape index (κ3) is 4.72. The zero-order valence-corrected chi connectivity index (χ0v) is 27.8. The van der Waals surface area contributed by atoms with Gasteiger partial charge >= 0.3 is 6.18 Å². The molecule has 8 rings (SSSR count). The molecule has 0 bridgehead atoms. The van der Waals surface area contributed by atoms with Crippen molar-refractivity contribution in [2.45, 2.75) is 40.8 Å². The number of aryl methyl sites for hydroxylation is 5. The predicted octanol–water partition coefficient (Wildman–Crippen LogP) is 12.0. The summed E-state index contributed by atoms with van der Waals surface area (Å²) in [4.78, 5) is 0. The lowest BCUT2D eigenvalue weighted by atomic mass is 9.90. The first-order chi connectivity index (χ1) is 23.4. The lowest BCUT2D eigenvalue weighted by Crippen LogP contribution is -2.12. The van der Waals surface area contributed by atoms with Crippen LogP contribution in [0.15, 0.2) is 103 Å². The number of rotatable bonds is 3. The number of nitrogens with zero attached hydrogens (tertiary/aromatic N) is 3. The third-order valence-electron chi connectivity index (χ3n) is 9.69. The van der Waals surface area contributed by atoms with Crippen molar-refractivity contribution in [2.75, 3.05) is 0 Å². The van der Waals surface area contributed by atoms with Gasteiger partial charge in [0, 0.05) is 32.7 Å². The number of benzene rings is 6. The fourth-order valence-electron chi connectivity index (χ4n) is 7.54. The molecule has 8 aromatic rings. The molecule has 0 aliphatic carbocycles. The van der Waals surface area contributed by atoms with E-state index in [1.165, 1.54) is 6.07 Å². The Balaban J connectivity index is 1.65. The molecule has 3 nitrogen and oxygen atoms in total. The highest BCUT2D eigenvalue weighted by Gasteiger charge is 2.36. The Morgan fingerprint density at radius 1 is 0.510 bits per heavy atom. The van der Waals surface area contributed by atoms with Crippen LogP contribution in [-0.4, -0.2) is 9.13 Å². The van der Waals surface area contributed by atoms with Crippen LogP contribution in [-0.2, 0) is 6.18 Å². The van der Waals surface area contributed by atoms with E-state index in [0.717, 1.165) is 71.9 Å². The van der Waals surface area contributed by atoms with Gasteiger partial charge in [0.25, 0.3) is 0 Å². The summed E-state index contributed by atoms with van der Waals surface area (Å²) >= 11 is 0. The van der Waals surface area contributed by atoms with Gasteiger partial charge in [-0.05, 0) is 107 Å². The SMILES string of the molecule is Cc1ccc2c(c1)c1cc(C)ccc1n2-c1cc(C#N)cc(-n2c3ccc(C)cc3c3cc(C)ccc32)c1-c1c(C)cccc1C(F)(F)F. The van der Waals surface area contributed by atoms with Gasteiger partial charge in [0.1, 0.15) is 0 Å². The van der Waals surface area contributed by atoms with Crippen LogP contribution in [0.5, 0.6) is 0 Å². The van der Waals surface area contributed by atoms with Crippen molar-refractivity contribution in [2.24, 2.45) is 0 Å². The molecule has 240 valence electrons. The third-order valence-corrected chi connectivity index (χ3v) is 9.69. The highest BCUT2D eigenvalue weighted by molar-refractivity contribution is 6.12. The van der Waals surface area contributed by atoms with Gasteiger partial charge < -0.3 is 9.13 Å². The maximum atomic E-state index is 15.1. The van der Waals surface area contributed by atoms with Gasteiger partial charge in [-0.1, -0.05) is 58.7 Å². The Labute approximate surface area is 282 Å². The predicted molar refractivity (Wildman–Crippen MR) is 194 cm³/mol. The quantitative estimate of drug-likeness (QED) is 0.188. The van der Waals surface area contributed by atoms with Crippen LogP contribution in [0, 0.1) is 45.9 Å². The first-order valence-electron chi connectivity index (χ1n) is 16.2. The Bertz CT molecular complexity index is 2450. The van der Waals surface area contributed by atoms with Crippen LogP contribution >= 0.6 is 0 Å². The van der Waals surface area contributed by atoms with E-state index in [1.54, 1.807) is 25.1 Å². The highest BCUT2D eigenvalue weighted by Crippen LogP contribution is 2.47. The minimum Gasteiger partial charge on any atom is -0.308 e. The average molecular weight is 648 g/mol. The standard InChI is InChI=1S/C43H32F3N3/c1-24-9-13-35-30(17-24)31-18-25(2)10-14-36(31)48(35)39-21-29(23-47)22-40(42(39)41-28(5)7-6-8-34(41)43(44,45)46)49-37-15-11-26(3)19-32(37)33-20-27(4)12-16-38(33)49/h6-22H,1-5H3. The molecule has 0 spiro atoms. The van der Waals surface area contributed by atoms with Crippen molar-refractivity contribution < 1.29 is 13.2 Å². The number of hydrogen-bond acceptors (Lipinski definition) is 1. The van der Waals surface area contributed by atoms with E-state index in [0.29, 0.717) is 28.1 Å². The second-order valence-corrected chi connectivity index (χ2v) is 13.2. The number of halogens is 3. The van der Waals surface area contributed by atoms with Crippen LogP contribution < -0.4 is 0 Å². The second-order valence-electron chi connectivity index (χ2n) is 13.2. The molecule has 0 radical (unpaired) electrons. The van der Waals surface area contributed by atoms with E-state index in [2.05, 4.69) is 30.3 Å². The Hall–Kier alpha value is -5.80. The number of aromatic nitrogens is 2. The Morgan fingerprint density at radius 3 is 1.24 bits per heavy atom. The molecule has 0 saturated carbocycles. The van der Waals surface area contributed by atoms with Crippen LogP contribution in [0.3, 0.4) is 0 Å². The van der Waals surface area contributed by atoms with E-state index in [1.807, 2.05) is 85.4 Å². The van der Waals surface area contributed by atoms with Gasteiger partial charge in [-0.25, -0.2) is 0 Å². The molecule has 0 saturated heterocycles. The minimum absolute atomic E-state index is 0.0907. The van der Waals surface area contributed by atoms with E-state index in [4.69, 9.17) is 0 Å². The minimum atomic E-state index is -4.63. The summed E-state index contributed by atoms with van der Waals surface area (Å²) in [5.41, 5.74) is 9.34. The van der Waals surface area contributed by atoms with Crippen molar-refractivity contribution in [1.29, 1.82) is 5.26 Å². The molecular formula is C43H32F3N3. The largest absolute Gasteiger partial charge is 0.417 e. The van der Waals surface area contributed by atoms with E-state index in [9.17, 15) is 5.26 Å². The van der Waals surface area contributed by atoms with Gasteiger partial charge in [-0.2, -0.15) is 18.4 Å². The molecule has 0 unspecified atom stereocenters. The summed E-state index contributed by atoms with van der Waals surface area (Å²) in [7, 11) is 0. The smallest absolute Gasteiger partial charge is 0.308 e. The summed E-state index contributed by atoms with van der Waals surface area (Å²) in [5.74, 6) is 0. The normalized spacial score (nSPS) is 12.1. The number of fused-ring (bicyclic) bond motifs is 6. The first kappa shape index (κ1) is 30.5. The lowest BCUT2D eigenvalue weighted by molar-refractivity contribution is -0.137. The van der Waals surface area contributed by atoms with Crippen LogP contribution in [0.1, 0.15) is 38.9 Å². The topological polar surface area (TPSA) is 33.6 Å². The molecule has 0 fully saturated rings. The van der Waals surface area contributed by atoms with Crippen molar-refractivity contribution >= 4 is 43.6 Å². The molecule has 0 aliphatic heterocycles. The van der Waals surface area contributed by atoms with Crippen LogP contribution in [0.25, 0.3) is 66.1 Å². The van der Waals surface area contributed by atoms with E-state index in [-0.39, 0.29) is 5.56 Å². The fourth-order valence-corrected chi connectivity index (χ4v) is 7.54. The maximum Gasteiger partial charge on any atom is 0.417 e. The summed E-state index contributed by atoms with van der Waals surface area (Å²) in [5, 5.41) is 14.5. The molecular weight excluding hydrogens is 615 g/mol. The zero-order valence-electron chi connectivity index (χ0n) is 27.8. The molecule has 0 aliphatic rings. The van der Waals surface area contributed by atoms with Crippen LogP contribution in [0.2, 0.25) is 0 Å². The first-order valence-corrected chi connectivity index (χ1v) is 16.2. The van der Waals surface area contributed by atoms with Gasteiger partial charge in [0.15, 0.2) is 0 Å². The number of alkyl halides is 3. The van der Waals surface area contributed by atoms with Gasteiger partial charge in [-0.15, -0.1) is 0 Å². The summed E-state index contributed by atoms with van der Waals surface area (Å²) < 4.78 is 49.5. The second kappa shape index (κ2) is 10.9. The fraction of sp³-hybridized carbons (Fsp3) is 0.140. The van der Waals surface area contributed by atoms with Gasteiger partial charge in [-0.3, -0.25) is 0 Å². The number of nitriles is 1. The average Bonchev–Trinajstić information content (AvgIpc) is 3.54. The molecule has 6 heteroatoms. The van der Waals surface area contributed by atoms with E-state index >= 15 is 13.2 Å². The lowest BCUT2D eigenvalue weighted by Gasteiger charge is -2.24. The molecule has 49 heavy (non-hydrogen) atoms. The van der Waals surface area contributed by atoms with Crippen molar-refractivity contribution in [1.82, 2.24) is 9.13 Å². The Kier molecular flexibility index (Phi) is 6.77. The van der Waals surface area contributed by atoms with Gasteiger partial charge in [0.2, 0.25) is 0 Å². The van der Waals surface area contributed by atoms with Crippen molar-refractivity contribution in [3.8, 4) is 28.6 Å². The monoisotopic (exact) mass is 647 g/mol. The summed E-state index contributed by atoms with van der Waals surface area (Å²) in [6.07, 6.45) is -4.63. The molecule has 0 amide bonds. The molecule has 6 aromatic carbocycles. The highest BCUT2D eigenvalue weighted by atomic mass is 19.4. The maximum absolute atomic E-state index is 15.1. The molecule has 0 atom stereocenters. The van der Waals surface area contributed by atoms with Crippen molar-refractivity contribution in [3.05, 3.63) is 142 Å². The van der Waals surface area contributed by atoms with Crippen molar-refractivity contribution in [3.63, 3.8) is 0 Å². The summed E-state index contributed by atoms with van der Waals surface area (Å²) in [6.45, 7) is 9.87. The Morgan fingerprint density at radius 2 is 0.898 bits per heavy atom. The zero-order chi connectivity index (χ0) is 34.4. The summed E-state index contributed by atoms with van der Waals surface area (Å²) in [6, 6.07) is 34.8. The van der Waals surface area contributed by atoms with E-state index < -0.39 is 11.7 Å². The molecule has 0 N–H and O–H groups in total. The molecule has 2 aromatic heterocycles. The van der Waals surface area contributed by atoms with Gasteiger partial charge in [0.05, 0.1) is 50.6 Å². The van der Waals surface area contributed by atoms with Crippen LogP contribution in [0.4, 0.5) is 13.2 Å². The number of hydrogen-bond donors (Lipinski definition) is 0. The molecule has 2 heterocycles.